The molecule has 0 heterocycles. The van der Waals surface area contributed by atoms with E-state index in [1.807, 2.05) is 0 Å². The van der Waals surface area contributed by atoms with Crippen molar-refractivity contribution in [1.82, 2.24) is 0 Å². The van der Waals surface area contributed by atoms with E-state index >= 15 is 0 Å². The lowest BCUT2D eigenvalue weighted by Gasteiger charge is -2.44. The van der Waals surface area contributed by atoms with E-state index in [1.165, 1.54) is 142 Å². The molecule has 9 aromatic carbocycles. The van der Waals surface area contributed by atoms with Crippen molar-refractivity contribution < 1.29 is 28.4 Å². The topological polar surface area (TPSA) is 198 Å². The van der Waals surface area contributed by atoms with E-state index in [4.69, 9.17) is 60.0 Å². The molecule has 0 unspecified atom stereocenters. The highest BCUT2D eigenvalue weighted by molar-refractivity contribution is 9.11. The summed E-state index contributed by atoms with van der Waals surface area (Å²) < 4.78 is 45.2. The van der Waals surface area contributed by atoms with Gasteiger partial charge in [-0.05, 0) is 196 Å². The first kappa shape index (κ1) is 73.3. The summed E-state index contributed by atoms with van der Waals surface area (Å²) in [6, 6.07) is 51.9. The van der Waals surface area contributed by atoms with Gasteiger partial charge < -0.3 is 28.4 Å². The number of hydrogen-bond donors (Lipinski definition) is 0. The van der Waals surface area contributed by atoms with Gasteiger partial charge in [0, 0.05) is 130 Å². The minimum Gasteiger partial charge on any atom is -0.495 e. The number of nitriles is 6. The van der Waals surface area contributed by atoms with Crippen molar-refractivity contribution in [2.45, 2.75) is 96.3 Å². The third-order valence-electron chi connectivity index (χ3n) is 19.0. The predicted octanol–water partition coefficient (Wildman–Crippen LogP) is 21.5. The summed E-state index contributed by atoms with van der Waals surface area (Å²) in [5.41, 5.74) is 29.0. The first-order valence-corrected chi connectivity index (χ1v) is 36.2. The van der Waals surface area contributed by atoms with Gasteiger partial charge in [-0.2, -0.15) is 31.6 Å². The van der Waals surface area contributed by atoms with Crippen molar-refractivity contribution in [2.75, 3.05) is 42.7 Å². The molecule has 0 N–H and O–H groups in total. The monoisotopic (exact) mass is 1690 g/mol. The number of ether oxygens (including phenoxy) is 6. The molecule has 0 saturated carbocycles. The molecule has 99 heavy (non-hydrogen) atoms. The van der Waals surface area contributed by atoms with Crippen molar-refractivity contribution in [2.24, 2.45) is 0 Å². The molecule has 0 radical (unpaired) electrons. The van der Waals surface area contributed by atoms with Gasteiger partial charge in [0.1, 0.15) is 34.5 Å². The fraction of sp³-hybridized carbons (Fsp3) is 0.259. The average Bonchev–Trinajstić information content (AvgIpc) is 0.732. The van der Waals surface area contributed by atoms with E-state index in [0.717, 1.165) is 94.7 Å². The third kappa shape index (κ3) is 11.9. The summed E-state index contributed by atoms with van der Waals surface area (Å²) in [6.45, 7) is 8.58. The fourth-order valence-electron chi connectivity index (χ4n) is 16.2. The SMILES string of the molecule is CC#N.CC#N.CC#N.CC#N.CC#N.CC#N.COc1c2cc3c(c1Br)[C@H]1c4ccccc4[C@@H]3c3c1cc(c(OC)c3Br)Cc1cc3c(c(Br)c1OC)[C@H]1c4ccccc4[C@@H]3c3c1cc(c(OC)c3Br)Cc1cc3c(c(Br)c1OC)[C@H]1c4ccccc4[C@@H]3c3c1cc(c(OC)c3Br)C2. The van der Waals surface area contributed by atoms with E-state index < -0.39 is 0 Å². The van der Waals surface area contributed by atoms with E-state index in [2.05, 4.69) is 205 Å². The highest BCUT2D eigenvalue weighted by Gasteiger charge is 2.50. The lowest BCUT2D eigenvalue weighted by atomic mass is 9.60. The predicted molar refractivity (Wildman–Crippen MR) is 405 cm³/mol. The molecule has 9 aromatic rings. The zero-order chi connectivity index (χ0) is 71.6. The molecule has 0 aromatic heterocycles. The number of halogens is 6. The summed E-state index contributed by atoms with van der Waals surface area (Å²) in [4.78, 5) is 0. The van der Waals surface area contributed by atoms with Gasteiger partial charge in [-0.25, -0.2) is 0 Å². The molecular formula is C81H66Br6N6O6. The van der Waals surface area contributed by atoms with Crippen LogP contribution in [0.5, 0.6) is 34.5 Å². The maximum Gasteiger partial charge on any atom is 0.136 e. The standard InChI is InChI=1S/C69H48Br6O6.6C2H3N/c1-76-64-28-19-29-23-42-48-36-15-9-10-16-37(36)49(54(42)59(71)65(29)77-2)43-26-32(68(80-5)61(73)55(43)48)21-33-27-45-51-39-18-12-11-17-38(39)50(57(45)63(75)69(33)81-6)44-25-31(67(79-4)62(74)56(44)51)20-30-24-41-46-34-13-7-8-14-35(34)47(40(22-28)52(46)58(64)70)53(41)60(72)66(30)78-3;6*1-2-3/h7-18,22-27,46-51H,19-21H2,1-6H3;6*1H3/t46-,47-,48-,49-,50-,51-;;;;;;/m0....../s1. The first-order valence-electron chi connectivity index (χ1n) is 31.4. The molecule has 12 nitrogen and oxygen atoms in total. The summed E-state index contributed by atoms with van der Waals surface area (Å²) in [5, 5.41) is 43.9. The van der Waals surface area contributed by atoms with Gasteiger partial charge in [0.15, 0.2) is 0 Å². The van der Waals surface area contributed by atoms with Crippen LogP contribution in [0.15, 0.2) is 136 Å². The van der Waals surface area contributed by atoms with Crippen LogP contribution in [-0.2, 0) is 19.3 Å². The lowest BCUT2D eigenvalue weighted by Crippen LogP contribution is -2.29. The van der Waals surface area contributed by atoms with E-state index in [1.54, 1.807) is 79.1 Å². The number of methoxy groups -OCH3 is 6. The molecule has 32 aliphatic rings. The molecule has 0 fully saturated rings. The van der Waals surface area contributed by atoms with Gasteiger partial charge in [0.2, 0.25) is 0 Å². The summed E-state index contributed by atoms with van der Waals surface area (Å²) >= 11 is 25.7. The molecule has 24 bridgehead atoms. The molecule has 6 atom stereocenters. The molecule has 0 spiro atoms. The van der Waals surface area contributed by atoms with E-state index in [-0.39, 0.29) is 35.5 Å². The van der Waals surface area contributed by atoms with E-state index in [0.29, 0.717) is 19.3 Å². The zero-order valence-corrected chi connectivity index (χ0v) is 65.9. The Balaban J connectivity index is 0.000000536. The number of benzene rings is 9. The van der Waals surface area contributed by atoms with Crippen molar-refractivity contribution >= 4 is 95.6 Å². The maximum atomic E-state index is 7.32. The lowest BCUT2D eigenvalue weighted by molar-refractivity contribution is 0.399. The summed E-state index contributed by atoms with van der Waals surface area (Å²) in [5.74, 6) is 4.29. The van der Waals surface area contributed by atoms with Crippen LogP contribution in [0.4, 0.5) is 0 Å². The van der Waals surface area contributed by atoms with Crippen LogP contribution < -0.4 is 28.4 Å². The van der Waals surface area contributed by atoms with Crippen LogP contribution in [0, 0.1) is 68.0 Å². The van der Waals surface area contributed by atoms with Crippen molar-refractivity contribution in [1.29, 1.82) is 31.6 Å². The van der Waals surface area contributed by atoms with Gasteiger partial charge in [0.05, 0.1) is 106 Å². The molecule has 0 amide bonds. The number of rotatable bonds is 6. The molecule has 18 heteroatoms. The zero-order valence-electron chi connectivity index (χ0n) is 56.4. The quantitative estimate of drug-likeness (QED) is 0.153. The molecule has 32 aliphatic carbocycles. The normalized spacial score (nSPS) is 16.6. The van der Waals surface area contributed by atoms with Crippen LogP contribution >= 0.6 is 95.6 Å². The Kier molecular flexibility index (Phi) is 23.0. The van der Waals surface area contributed by atoms with Gasteiger partial charge >= 0.3 is 0 Å². The smallest absolute Gasteiger partial charge is 0.136 e. The largest absolute Gasteiger partial charge is 0.495 e. The Morgan fingerprint density at radius 2 is 0.374 bits per heavy atom. The second kappa shape index (κ2) is 31.0. The molecule has 0 aliphatic heterocycles. The Hall–Kier alpha value is -8.40. The minimum atomic E-state index is -0.102. The maximum absolute atomic E-state index is 7.32. The number of hydrogen-bond acceptors (Lipinski definition) is 12. The summed E-state index contributed by atoms with van der Waals surface area (Å²) in [7, 11) is 10.8. The fourth-order valence-corrected chi connectivity index (χ4v) is 21.5. The minimum absolute atomic E-state index is 0.102. The third-order valence-corrected chi connectivity index (χ3v) is 23.8. The van der Waals surface area contributed by atoms with Crippen LogP contribution in [0.2, 0.25) is 0 Å². The molecule has 41 rings (SSSR count). The Labute approximate surface area is 629 Å². The first-order chi connectivity index (χ1) is 47.9. The Morgan fingerprint density at radius 1 is 0.253 bits per heavy atom. The van der Waals surface area contributed by atoms with Gasteiger partial charge in [-0.1, -0.05) is 109 Å². The summed E-state index contributed by atoms with van der Waals surface area (Å²) in [6.07, 6.45) is 1.66. The van der Waals surface area contributed by atoms with Gasteiger partial charge in [-0.15, -0.1) is 0 Å². The van der Waals surface area contributed by atoms with Gasteiger partial charge in [-0.3, -0.25) is 0 Å². The highest BCUT2D eigenvalue weighted by Crippen LogP contribution is 2.67. The van der Waals surface area contributed by atoms with Crippen LogP contribution in [-0.4, -0.2) is 42.7 Å². The number of nitrogens with zero attached hydrogens (tertiary/aromatic N) is 6. The van der Waals surface area contributed by atoms with Crippen LogP contribution in [0.1, 0.15) is 211 Å². The van der Waals surface area contributed by atoms with Crippen molar-refractivity contribution in [3.05, 3.63) is 270 Å². The Morgan fingerprint density at radius 3 is 0.485 bits per heavy atom. The van der Waals surface area contributed by atoms with Crippen molar-refractivity contribution in [3.63, 3.8) is 0 Å². The van der Waals surface area contributed by atoms with Crippen molar-refractivity contribution in [3.8, 4) is 70.9 Å². The molecule has 498 valence electrons. The second-order valence-corrected chi connectivity index (χ2v) is 28.4. The highest BCUT2D eigenvalue weighted by atomic mass is 79.9. The molecular weight excluding hydrogens is 1630 g/mol. The van der Waals surface area contributed by atoms with Crippen LogP contribution in [0.3, 0.4) is 0 Å². The molecule has 0 saturated heterocycles. The average molecular weight is 1700 g/mol. The van der Waals surface area contributed by atoms with Crippen LogP contribution in [0.25, 0.3) is 0 Å². The Bertz CT molecular complexity index is 4240. The second-order valence-electron chi connectivity index (χ2n) is 23.7. The van der Waals surface area contributed by atoms with E-state index in [9.17, 15) is 0 Å². The van der Waals surface area contributed by atoms with Gasteiger partial charge in [0.25, 0.3) is 0 Å².